The number of thiazole rings is 1. The first kappa shape index (κ1) is 26.7. The van der Waals surface area contributed by atoms with Gasteiger partial charge in [-0.05, 0) is 58.4 Å². The van der Waals surface area contributed by atoms with Crippen LogP contribution in [-0.2, 0) is 10.2 Å². The van der Waals surface area contributed by atoms with Gasteiger partial charge in [-0.2, -0.15) is 18.2 Å². The number of alkyl halides is 3. The predicted octanol–water partition coefficient (Wildman–Crippen LogP) is 5.02. The van der Waals surface area contributed by atoms with Crippen LogP contribution in [-0.4, -0.2) is 56.1 Å². The summed E-state index contributed by atoms with van der Waals surface area (Å²) in [4.78, 5) is 31.4. The monoisotopic (exact) mass is 536 g/mol. The Labute approximate surface area is 215 Å². The number of rotatable bonds is 7. The number of carbonyl (C=O) groups excluding carboxylic acids is 1. The molecular weight excluding hydrogens is 509 g/mol. The fourth-order valence-electron chi connectivity index (χ4n) is 3.79. The van der Waals surface area contributed by atoms with Gasteiger partial charge in [0.15, 0.2) is 0 Å². The van der Waals surface area contributed by atoms with E-state index >= 15 is 0 Å². The standard InChI is InChI=1S/C24H27F3N6O3S/c1-12-19(15-6-8-28-17(10-15)23(4,5)24(25,26)27)37-20(30-12)13(2)31-21-29-9-7-18(32-21)33-16(14(3)34)11-36-22(33)35/h6-10,13-14,16,34H,11H2,1-5H3,(H,29,31,32)/t13-,14+,16+/m0/s1. The molecule has 1 amide bonds. The normalized spacial score (nSPS) is 18.0. The maximum atomic E-state index is 13.5. The summed E-state index contributed by atoms with van der Waals surface area (Å²) >= 11 is 1.35. The number of carbonyl (C=O) groups is 1. The molecule has 0 aromatic carbocycles. The molecule has 9 nitrogen and oxygen atoms in total. The zero-order chi connectivity index (χ0) is 27.1. The molecular formula is C24H27F3N6O3S. The Bertz CT molecular complexity index is 1300. The average Bonchev–Trinajstić information content (AvgIpc) is 3.41. The van der Waals surface area contributed by atoms with Crippen LogP contribution >= 0.6 is 11.3 Å². The number of hydrogen-bond acceptors (Lipinski definition) is 9. The lowest BCUT2D eigenvalue weighted by Gasteiger charge is -2.27. The molecule has 0 saturated carbocycles. The molecule has 0 radical (unpaired) electrons. The number of amides is 1. The molecule has 1 saturated heterocycles. The Balaban J connectivity index is 1.56. The van der Waals surface area contributed by atoms with Crippen LogP contribution in [0.5, 0.6) is 0 Å². The second-order valence-electron chi connectivity index (χ2n) is 9.38. The lowest BCUT2D eigenvalue weighted by molar-refractivity contribution is -0.181. The number of ether oxygens (including phenoxy) is 1. The fourth-order valence-corrected chi connectivity index (χ4v) is 4.86. The average molecular weight is 537 g/mol. The molecule has 3 aromatic rings. The van der Waals surface area contributed by atoms with Crippen molar-refractivity contribution in [1.29, 1.82) is 0 Å². The molecule has 1 aliphatic rings. The van der Waals surface area contributed by atoms with Gasteiger partial charge in [0.05, 0.1) is 28.4 Å². The number of aliphatic hydroxyl groups is 1. The predicted molar refractivity (Wildman–Crippen MR) is 133 cm³/mol. The molecule has 3 atom stereocenters. The second-order valence-corrected chi connectivity index (χ2v) is 10.4. The van der Waals surface area contributed by atoms with E-state index in [0.29, 0.717) is 16.3 Å². The van der Waals surface area contributed by atoms with Gasteiger partial charge in [0, 0.05) is 12.4 Å². The van der Waals surface area contributed by atoms with Crippen molar-refractivity contribution in [3.8, 4) is 10.4 Å². The van der Waals surface area contributed by atoms with E-state index in [2.05, 4.69) is 25.3 Å². The molecule has 13 heteroatoms. The Morgan fingerprint density at radius 2 is 1.89 bits per heavy atom. The highest BCUT2D eigenvalue weighted by molar-refractivity contribution is 7.15. The summed E-state index contributed by atoms with van der Waals surface area (Å²) in [5, 5.41) is 13.8. The number of aliphatic hydroxyl groups excluding tert-OH is 1. The third kappa shape index (κ3) is 5.23. The number of cyclic esters (lactones) is 1. The van der Waals surface area contributed by atoms with Crippen LogP contribution in [0.15, 0.2) is 30.6 Å². The molecule has 37 heavy (non-hydrogen) atoms. The van der Waals surface area contributed by atoms with Crippen molar-refractivity contribution in [2.75, 3.05) is 16.8 Å². The van der Waals surface area contributed by atoms with Gasteiger partial charge in [-0.15, -0.1) is 11.3 Å². The van der Waals surface area contributed by atoms with Gasteiger partial charge in [0.2, 0.25) is 5.95 Å². The van der Waals surface area contributed by atoms with E-state index in [1.54, 1.807) is 26.0 Å². The van der Waals surface area contributed by atoms with E-state index in [9.17, 15) is 23.1 Å². The number of nitrogens with one attached hydrogen (secondary N) is 1. The highest BCUT2D eigenvalue weighted by atomic mass is 32.1. The molecule has 4 rings (SSSR count). The van der Waals surface area contributed by atoms with Crippen LogP contribution in [0.25, 0.3) is 10.4 Å². The minimum Gasteiger partial charge on any atom is -0.447 e. The van der Waals surface area contributed by atoms with Crippen LogP contribution in [0.2, 0.25) is 0 Å². The Morgan fingerprint density at radius 3 is 2.57 bits per heavy atom. The maximum Gasteiger partial charge on any atom is 0.416 e. The quantitative estimate of drug-likeness (QED) is 0.433. The zero-order valence-corrected chi connectivity index (χ0v) is 21.7. The molecule has 0 spiro atoms. The van der Waals surface area contributed by atoms with Gasteiger partial charge >= 0.3 is 12.3 Å². The molecule has 1 aliphatic heterocycles. The number of nitrogens with zero attached hydrogens (tertiary/aromatic N) is 5. The summed E-state index contributed by atoms with van der Waals surface area (Å²) in [6, 6.07) is 3.75. The zero-order valence-electron chi connectivity index (χ0n) is 20.9. The van der Waals surface area contributed by atoms with Crippen LogP contribution in [0.4, 0.5) is 29.7 Å². The molecule has 2 N–H and O–H groups in total. The van der Waals surface area contributed by atoms with E-state index < -0.39 is 29.8 Å². The maximum absolute atomic E-state index is 13.5. The van der Waals surface area contributed by atoms with Gasteiger partial charge in [0.1, 0.15) is 28.9 Å². The summed E-state index contributed by atoms with van der Waals surface area (Å²) in [5.41, 5.74) is -0.897. The van der Waals surface area contributed by atoms with Gasteiger partial charge < -0.3 is 15.2 Å². The highest BCUT2D eigenvalue weighted by Gasteiger charge is 2.49. The van der Waals surface area contributed by atoms with Crippen LogP contribution in [0, 0.1) is 6.92 Å². The molecule has 1 fully saturated rings. The number of hydrogen-bond donors (Lipinski definition) is 2. The Morgan fingerprint density at radius 1 is 1.19 bits per heavy atom. The highest BCUT2D eigenvalue weighted by Crippen LogP contribution is 2.41. The first-order valence-corrected chi connectivity index (χ1v) is 12.4. The van der Waals surface area contributed by atoms with Crippen molar-refractivity contribution < 1.29 is 27.8 Å². The topological polar surface area (TPSA) is 113 Å². The van der Waals surface area contributed by atoms with Gasteiger partial charge in [-0.1, -0.05) is 0 Å². The summed E-state index contributed by atoms with van der Waals surface area (Å²) in [7, 11) is 0. The van der Waals surface area contributed by atoms with Crippen LogP contribution < -0.4 is 10.2 Å². The van der Waals surface area contributed by atoms with E-state index in [1.165, 1.54) is 34.7 Å². The molecule has 0 aliphatic carbocycles. The van der Waals surface area contributed by atoms with E-state index in [0.717, 1.165) is 18.7 Å². The van der Waals surface area contributed by atoms with Crippen molar-refractivity contribution in [3.05, 3.63) is 47.0 Å². The van der Waals surface area contributed by atoms with Gasteiger partial charge in [-0.25, -0.2) is 14.8 Å². The molecule has 0 bridgehead atoms. The minimum atomic E-state index is -4.44. The number of pyridine rings is 1. The molecule has 3 aromatic heterocycles. The van der Waals surface area contributed by atoms with E-state index in [-0.39, 0.29) is 30.1 Å². The van der Waals surface area contributed by atoms with Crippen molar-refractivity contribution in [2.45, 2.75) is 64.4 Å². The fraction of sp³-hybridized carbons (Fsp3) is 0.458. The number of halogens is 3. The summed E-state index contributed by atoms with van der Waals surface area (Å²) in [6.07, 6.45) is -3.00. The van der Waals surface area contributed by atoms with Crippen LogP contribution in [0.3, 0.4) is 0 Å². The van der Waals surface area contributed by atoms with Crippen LogP contribution in [0.1, 0.15) is 50.1 Å². The summed E-state index contributed by atoms with van der Waals surface area (Å²) in [6.45, 7) is 7.48. The SMILES string of the molecule is Cc1nc([C@H](C)Nc2nccc(N3C(=O)OC[C@@H]3[C@@H](C)O)n2)sc1-c1ccnc(C(C)(C)C(F)(F)F)c1. The molecule has 4 heterocycles. The summed E-state index contributed by atoms with van der Waals surface area (Å²) in [5.74, 6) is 0.521. The number of aromatic nitrogens is 4. The lowest BCUT2D eigenvalue weighted by atomic mass is 9.87. The lowest BCUT2D eigenvalue weighted by Crippen LogP contribution is -2.41. The van der Waals surface area contributed by atoms with E-state index in [4.69, 9.17) is 4.74 Å². The van der Waals surface area contributed by atoms with Crippen molar-refractivity contribution in [3.63, 3.8) is 0 Å². The third-order valence-electron chi connectivity index (χ3n) is 6.25. The first-order valence-electron chi connectivity index (χ1n) is 11.5. The minimum absolute atomic E-state index is 0.0533. The number of aryl methyl sites for hydroxylation is 1. The smallest absolute Gasteiger partial charge is 0.416 e. The largest absolute Gasteiger partial charge is 0.447 e. The van der Waals surface area contributed by atoms with Gasteiger partial charge in [-0.3, -0.25) is 9.88 Å². The van der Waals surface area contributed by atoms with Crippen molar-refractivity contribution in [2.24, 2.45) is 0 Å². The Hall–Kier alpha value is -3.32. The Kier molecular flexibility index (Phi) is 7.12. The summed E-state index contributed by atoms with van der Waals surface area (Å²) < 4.78 is 45.7. The first-order chi connectivity index (χ1) is 17.3. The number of anilines is 2. The van der Waals surface area contributed by atoms with Crippen molar-refractivity contribution in [1.82, 2.24) is 19.9 Å². The molecule has 0 unspecified atom stereocenters. The third-order valence-corrected chi connectivity index (χ3v) is 7.64. The molecule has 198 valence electrons. The second kappa shape index (κ2) is 9.86. The van der Waals surface area contributed by atoms with E-state index in [1.807, 2.05) is 6.92 Å². The van der Waals surface area contributed by atoms with Gasteiger partial charge in [0.25, 0.3) is 0 Å². The van der Waals surface area contributed by atoms with Crippen molar-refractivity contribution >= 4 is 29.2 Å².